The summed E-state index contributed by atoms with van der Waals surface area (Å²) in [5.41, 5.74) is 1.88. The second-order valence-electron chi connectivity index (χ2n) is 3.61. The van der Waals surface area contributed by atoms with Gasteiger partial charge in [-0.05, 0) is 18.1 Å². The fourth-order valence-corrected chi connectivity index (χ4v) is 2.15. The van der Waals surface area contributed by atoms with Crippen LogP contribution in [0.25, 0.3) is 11.0 Å². The largest absolute Gasteiger partial charge is 0.477 e. The lowest BCUT2D eigenvalue weighted by molar-refractivity contribution is 0.334. The average Bonchev–Trinajstić information content (AvgIpc) is 2.37. The lowest BCUT2D eigenvalue weighted by Crippen LogP contribution is -2.00. The van der Waals surface area contributed by atoms with Gasteiger partial charge in [-0.15, -0.1) is 0 Å². The molecule has 2 rings (SSSR count). The maximum absolute atomic E-state index is 13.5. The molecular formula is C12H12BrFN2O2. The van der Waals surface area contributed by atoms with Crippen molar-refractivity contribution in [2.75, 3.05) is 19.5 Å². The highest BCUT2D eigenvalue weighted by molar-refractivity contribution is 9.09. The zero-order valence-corrected chi connectivity index (χ0v) is 11.6. The van der Waals surface area contributed by atoms with Crippen molar-refractivity contribution in [1.82, 2.24) is 9.97 Å². The topological polar surface area (TPSA) is 44.2 Å². The second kappa shape index (κ2) is 5.48. The van der Waals surface area contributed by atoms with E-state index in [4.69, 9.17) is 9.47 Å². The molecule has 0 radical (unpaired) electrons. The first-order chi connectivity index (χ1) is 8.69. The van der Waals surface area contributed by atoms with Crippen molar-refractivity contribution in [2.45, 2.75) is 6.42 Å². The molecule has 4 nitrogen and oxygen atoms in total. The van der Waals surface area contributed by atoms with Gasteiger partial charge in [-0.25, -0.2) is 14.4 Å². The molecule has 0 unspecified atom stereocenters. The second-order valence-corrected chi connectivity index (χ2v) is 4.41. The Labute approximate surface area is 112 Å². The van der Waals surface area contributed by atoms with E-state index in [-0.39, 0.29) is 11.7 Å². The third-order valence-electron chi connectivity index (χ3n) is 2.50. The molecule has 0 aliphatic carbocycles. The van der Waals surface area contributed by atoms with E-state index in [1.165, 1.54) is 26.4 Å². The predicted octanol–water partition coefficient (Wildman–Crippen LogP) is 2.72. The first-order valence-electron chi connectivity index (χ1n) is 5.33. The van der Waals surface area contributed by atoms with Crippen molar-refractivity contribution in [3.05, 3.63) is 23.5 Å². The third kappa shape index (κ3) is 2.38. The molecule has 0 spiro atoms. The molecule has 0 N–H and O–H groups in total. The van der Waals surface area contributed by atoms with Crippen LogP contribution in [0.4, 0.5) is 4.39 Å². The van der Waals surface area contributed by atoms with Crippen LogP contribution in [0, 0.1) is 5.82 Å². The third-order valence-corrected chi connectivity index (χ3v) is 2.90. The van der Waals surface area contributed by atoms with E-state index in [2.05, 4.69) is 25.9 Å². The number of rotatable bonds is 4. The molecule has 0 amide bonds. The molecule has 18 heavy (non-hydrogen) atoms. The van der Waals surface area contributed by atoms with Crippen LogP contribution in [0.15, 0.2) is 12.1 Å². The van der Waals surface area contributed by atoms with Gasteiger partial charge in [0.25, 0.3) is 11.8 Å². The van der Waals surface area contributed by atoms with Gasteiger partial charge in [0.2, 0.25) is 0 Å². The Balaban J connectivity index is 2.70. The van der Waals surface area contributed by atoms with Gasteiger partial charge in [-0.2, -0.15) is 0 Å². The van der Waals surface area contributed by atoms with Crippen molar-refractivity contribution in [3.63, 3.8) is 0 Å². The fourth-order valence-electron chi connectivity index (χ4n) is 1.72. The van der Waals surface area contributed by atoms with Crippen LogP contribution in [0.2, 0.25) is 0 Å². The fraction of sp³-hybridized carbons (Fsp3) is 0.333. The first kappa shape index (κ1) is 13.0. The normalized spacial score (nSPS) is 10.7. The van der Waals surface area contributed by atoms with Crippen LogP contribution in [-0.2, 0) is 6.42 Å². The zero-order chi connectivity index (χ0) is 13.1. The van der Waals surface area contributed by atoms with E-state index >= 15 is 0 Å². The van der Waals surface area contributed by atoms with Crippen LogP contribution in [0.1, 0.15) is 5.56 Å². The number of benzene rings is 1. The van der Waals surface area contributed by atoms with Gasteiger partial charge in [0, 0.05) is 11.4 Å². The van der Waals surface area contributed by atoms with Gasteiger partial charge in [-0.1, -0.05) is 15.9 Å². The molecule has 1 aromatic heterocycles. The lowest BCUT2D eigenvalue weighted by atomic mass is 10.1. The Morgan fingerprint density at radius 3 is 2.44 bits per heavy atom. The van der Waals surface area contributed by atoms with Crippen LogP contribution < -0.4 is 9.47 Å². The molecular weight excluding hydrogens is 303 g/mol. The van der Waals surface area contributed by atoms with Gasteiger partial charge in [0.05, 0.1) is 25.3 Å². The van der Waals surface area contributed by atoms with Crippen molar-refractivity contribution in [3.8, 4) is 11.8 Å². The molecule has 0 fully saturated rings. The minimum absolute atomic E-state index is 0.250. The number of halogens is 2. The number of ether oxygens (including phenoxy) is 2. The standard InChI is InChI=1S/C12H12BrFN2O2/c1-17-11-12(18-2)16-10-7(3-4-13)5-8(14)6-9(10)15-11/h5-6H,3-4H2,1-2H3. The van der Waals surface area contributed by atoms with E-state index < -0.39 is 0 Å². The molecule has 0 bridgehead atoms. The van der Waals surface area contributed by atoms with Crippen molar-refractivity contribution in [2.24, 2.45) is 0 Å². The zero-order valence-electron chi connectivity index (χ0n) is 10.0. The van der Waals surface area contributed by atoms with E-state index in [1.807, 2.05) is 0 Å². The first-order valence-corrected chi connectivity index (χ1v) is 6.46. The van der Waals surface area contributed by atoms with E-state index in [1.54, 1.807) is 0 Å². The number of aryl methyl sites for hydroxylation is 1. The molecule has 96 valence electrons. The Bertz CT molecular complexity index is 577. The Morgan fingerprint density at radius 2 is 1.83 bits per heavy atom. The summed E-state index contributed by atoms with van der Waals surface area (Å²) in [6.45, 7) is 0. The van der Waals surface area contributed by atoms with Gasteiger partial charge >= 0.3 is 0 Å². The summed E-state index contributed by atoms with van der Waals surface area (Å²) in [4.78, 5) is 8.53. The number of alkyl halides is 1. The highest BCUT2D eigenvalue weighted by Gasteiger charge is 2.13. The summed E-state index contributed by atoms with van der Waals surface area (Å²) < 4.78 is 23.6. The molecule has 0 saturated heterocycles. The van der Waals surface area contributed by atoms with Crippen LogP contribution in [0.3, 0.4) is 0 Å². The monoisotopic (exact) mass is 314 g/mol. The summed E-state index contributed by atoms with van der Waals surface area (Å²) in [5, 5.41) is 0.724. The molecule has 1 aromatic carbocycles. The molecule has 0 aliphatic rings. The van der Waals surface area contributed by atoms with Crippen LogP contribution >= 0.6 is 15.9 Å². The summed E-state index contributed by atoms with van der Waals surface area (Å²) in [6, 6.07) is 2.80. The van der Waals surface area contributed by atoms with Gasteiger partial charge in [-0.3, -0.25) is 0 Å². The molecule has 0 aliphatic heterocycles. The minimum atomic E-state index is -0.333. The molecule has 6 heteroatoms. The van der Waals surface area contributed by atoms with Gasteiger partial charge < -0.3 is 9.47 Å². The maximum Gasteiger partial charge on any atom is 0.278 e. The molecule has 1 heterocycles. The number of nitrogens with zero attached hydrogens (tertiary/aromatic N) is 2. The molecule has 2 aromatic rings. The van der Waals surface area contributed by atoms with Gasteiger partial charge in [0.15, 0.2) is 0 Å². The number of aromatic nitrogens is 2. The predicted molar refractivity (Wildman–Crippen MR) is 70.1 cm³/mol. The Kier molecular flexibility index (Phi) is 3.96. The Morgan fingerprint density at radius 1 is 1.17 bits per heavy atom. The minimum Gasteiger partial charge on any atom is -0.477 e. The summed E-state index contributed by atoms with van der Waals surface area (Å²) >= 11 is 3.33. The average molecular weight is 315 g/mol. The lowest BCUT2D eigenvalue weighted by Gasteiger charge is -2.09. The van der Waals surface area contributed by atoms with Crippen LogP contribution in [0.5, 0.6) is 11.8 Å². The summed E-state index contributed by atoms with van der Waals surface area (Å²) in [7, 11) is 2.96. The number of methoxy groups -OCH3 is 2. The highest BCUT2D eigenvalue weighted by atomic mass is 79.9. The summed E-state index contributed by atoms with van der Waals surface area (Å²) in [6.07, 6.45) is 0.665. The van der Waals surface area contributed by atoms with E-state index in [0.29, 0.717) is 23.3 Å². The quantitative estimate of drug-likeness (QED) is 0.814. The van der Waals surface area contributed by atoms with E-state index in [9.17, 15) is 4.39 Å². The number of hydrogen-bond acceptors (Lipinski definition) is 4. The van der Waals surface area contributed by atoms with Gasteiger partial charge in [0.1, 0.15) is 5.82 Å². The highest BCUT2D eigenvalue weighted by Crippen LogP contribution is 2.27. The van der Waals surface area contributed by atoms with E-state index in [0.717, 1.165) is 10.9 Å². The Hall–Kier alpha value is -1.43. The maximum atomic E-state index is 13.5. The number of fused-ring (bicyclic) bond motifs is 1. The SMILES string of the molecule is COc1nc2cc(F)cc(CCBr)c2nc1OC. The van der Waals surface area contributed by atoms with Crippen LogP contribution in [-0.4, -0.2) is 29.5 Å². The smallest absolute Gasteiger partial charge is 0.278 e. The molecule has 0 atom stereocenters. The van der Waals surface area contributed by atoms with Crippen molar-refractivity contribution < 1.29 is 13.9 Å². The van der Waals surface area contributed by atoms with Crippen molar-refractivity contribution in [1.29, 1.82) is 0 Å². The number of hydrogen-bond donors (Lipinski definition) is 0. The van der Waals surface area contributed by atoms with Crippen molar-refractivity contribution >= 4 is 27.0 Å². The summed E-state index contributed by atoms with van der Waals surface area (Å²) in [5.74, 6) is 0.216. The molecule has 0 saturated carbocycles.